The number of likely N-dealkylation sites (tertiary alicyclic amines) is 2. The molecule has 1 aromatic rings. The average Bonchev–Trinajstić information content (AvgIpc) is 3.16. The molecule has 2 fully saturated rings. The molecule has 130 valence electrons. The molecule has 0 aliphatic carbocycles. The summed E-state index contributed by atoms with van der Waals surface area (Å²) in [6.07, 6.45) is 4.90. The van der Waals surface area contributed by atoms with Gasteiger partial charge in [0.25, 0.3) is 5.91 Å². The second kappa shape index (κ2) is 7.79. The van der Waals surface area contributed by atoms with Gasteiger partial charge in [-0.3, -0.25) is 9.59 Å². The van der Waals surface area contributed by atoms with Gasteiger partial charge in [-0.15, -0.1) is 0 Å². The van der Waals surface area contributed by atoms with Crippen LogP contribution in [0.15, 0.2) is 24.3 Å². The van der Waals surface area contributed by atoms with Gasteiger partial charge in [-0.1, -0.05) is 12.1 Å². The van der Waals surface area contributed by atoms with Crippen LogP contribution in [-0.4, -0.2) is 54.4 Å². The fourth-order valence-corrected chi connectivity index (χ4v) is 3.71. The molecule has 24 heavy (non-hydrogen) atoms. The molecule has 1 aromatic carbocycles. The van der Waals surface area contributed by atoms with Crippen LogP contribution in [0.25, 0.3) is 0 Å². The van der Waals surface area contributed by atoms with Crippen LogP contribution in [0.4, 0.5) is 0 Å². The molecule has 5 heteroatoms. The van der Waals surface area contributed by atoms with Gasteiger partial charge in [-0.25, -0.2) is 0 Å². The first-order valence-corrected chi connectivity index (χ1v) is 8.88. The summed E-state index contributed by atoms with van der Waals surface area (Å²) >= 11 is 0. The molecular weight excluding hydrogens is 304 g/mol. The first-order valence-electron chi connectivity index (χ1n) is 8.88. The van der Waals surface area contributed by atoms with Gasteiger partial charge in [0.05, 0.1) is 6.61 Å². The van der Waals surface area contributed by atoms with E-state index in [9.17, 15) is 9.59 Å². The van der Waals surface area contributed by atoms with E-state index in [1.54, 1.807) is 12.0 Å². The number of hydrogen-bond donors (Lipinski definition) is 0. The maximum Gasteiger partial charge on any atom is 0.254 e. The summed E-state index contributed by atoms with van der Waals surface area (Å²) in [5.41, 5.74) is 1.62. The van der Waals surface area contributed by atoms with Crippen LogP contribution in [0.5, 0.6) is 0 Å². The van der Waals surface area contributed by atoms with Gasteiger partial charge in [-0.2, -0.15) is 0 Å². The Balaban J connectivity index is 1.78. The van der Waals surface area contributed by atoms with Crippen molar-refractivity contribution in [1.29, 1.82) is 0 Å². The summed E-state index contributed by atoms with van der Waals surface area (Å²) in [5.74, 6) is 0.0961. The molecule has 5 nitrogen and oxygen atoms in total. The number of rotatable bonds is 4. The first kappa shape index (κ1) is 17.0. The van der Waals surface area contributed by atoms with Crippen molar-refractivity contribution in [2.24, 2.45) is 0 Å². The van der Waals surface area contributed by atoms with Crippen LogP contribution >= 0.6 is 0 Å². The monoisotopic (exact) mass is 330 g/mol. The molecule has 2 heterocycles. The van der Waals surface area contributed by atoms with Crippen LogP contribution in [0.1, 0.15) is 48.0 Å². The summed E-state index contributed by atoms with van der Waals surface area (Å²) < 4.78 is 5.15. The Kier molecular flexibility index (Phi) is 5.51. The number of amides is 2. The third kappa shape index (κ3) is 3.61. The molecular formula is C19H26N2O3. The van der Waals surface area contributed by atoms with Crippen LogP contribution in [0, 0.1) is 0 Å². The van der Waals surface area contributed by atoms with E-state index in [2.05, 4.69) is 0 Å². The SMILES string of the molecule is COCc1cccc(C(=O)N2CCCC[C@H]2C(=O)N2CCCC2)c1. The molecule has 2 aliphatic rings. The molecule has 0 N–H and O–H groups in total. The topological polar surface area (TPSA) is 49.9 Å². The number of ether oxygens (including phenoxy) is 1. The van der Waals surface area contributed by atoms with Crippen molar-refractivity contribution in [3.05, 3.63) is 35.4 Å². The van der Waals surface area contributed by atoms with Crippen molar-refractivity contribution in [2.45, 2.75) is 44.8 Å². The van der Waals surface area contributed by atoms with Crippen molar-refractivity contribution in [3.8, 4) is 0 Å². The number of carbonyl (C=O) groups excluding carboxylic acids is 2. The standard InChI is InChI=1S/C19H26N2O3/c1-24-14-15-7-6-8-16(13-15)18(22)21-12-3-2-9-17(21)19(23)20-10-4-5-11-20/h6-8,13,17H,2-5,9-12,14H2,1H3/t17-/m0/s1. The third-order valence-electron chi connectivity index (χ3n) is 4.95. The largest absolute Gasteiger partial charge is 0.380 e. The summed E-state index contributed by atoms with van der Waals surface area (Å²) in [4.78, 5) is 29.5. The van der Waals surface area contributed by atoms with E-state index in [4.69, 9.17) is 4.74 Å². The van der Waals surface area contributed by atoms with Crippen molar-refractivity contribution in [3.63, 3.8) is 0 Å². The van der Waals surface area contributed by atoms with E-state index in [1.165, 1.54) is 0 Å². The van der Waals surface area contributed by atoms with Gasteiger partial charge in [0, 0.05) is 32.3 Å². The Labute approximate surface area is 143 Å². The van der Waals surface area contributed by atoms with Crippen LogP contribution in [0.2, 0.25) is 0 Å². The fraction of sp³-hybridized carbons (Fsp3) is 0.579. The molecule has 0 saturated carbocycles. The molecule has 0 spiro atoms. The highest BCUT2D eigenvalue weighted by Gasteiger charge is 2.35. The lowest BCUT2D eigenvalue weighted by Gasteiger charge is -2.36. The van der Waals surface area contributed by atoms with Gasteiger partial charge < -0.3 is 14.5 Å². The zero-order valence-electron chi connectivity index (χ0n) is 14.4. The van der Waals surface area contributed by atoms with Crippen LogP contribution < -0.4 is 0 Å². The molecule has 1 atom stereocenters. The maximum atomic E-state index is 13.0. The Morgan fingerprint density at radius 3 is 2.62 bits per heavy atom. The highest BCUT2D eigenvalue weighted by Crippen LogP contribution is 2.23. The maximum absolute atomic E-state index is 13.0. The van der Waals surface area contributed by atoms with Gasteiger partial charge >= 0.3 is 0 Å². The number of nitrogens with zero attached hydrogens (tertiary/aromatic N) is 2. The predicted octanol–water partition coefficient (Wildman–Crippen LogP) is 2.45. The fourth-order valence-electron chi connectivity index (χ4n) is 3.71. The van der Waals surface area contributed by atoms with Crippen molar-refractivity contribution in [1.82, 2.24) is 9.80 Å². The van der Waals surface area contributed by atoms with Gasteiger partial charge in [0.1, 0.15) is 6.04 Å². The normalized spacial score (nSPS) is 21.1. The van der Waals surface area contributed by atoms with E-state index in [0.29, 0.717) is 18.7 Å². The third-order valence-corrected chi connectivity index (χ3v) is 4.95. The van der Waals surface area contributed by atoms with E-state index in [0.717, 1.165) is 50.8 Å². The molecule has 0 bridgehead atoms. The number of hydrogen-bond acceptors (Lipinski definition) is 3. The van der Waals surface area contributed by atoms with Gasteiger partial charge in [-0.05, 0) is 49.8 Å². The highest BCUT2D eigenvalue weighted by atomic mass is 16.5. The molecule has 0 unspecified atom stereocenters. The van der Waals surface area contributed by atoms with Crippen molar-refractivity contribution < 1.29 is 14.3 Å². The zero-order valence-corrected chi connectivity index (χ0v) is 14.4. The smallest absolute Gasteiger partial charge is 0.254 e. The highest BCUT2D eigenvalue weighted by molar-refractivity contribution is 5.97. The Morgan fingerprint density at radius 2 is 1.88 bits per heavy atom. The van der Waals surface area contributed by atoms with E-state index in [-0.39, 0.29) is 17.9 Å². The predicted molar refractivity (Wildman–Crippen MR) is 91.6 cm³/mol. The quantitative estimate of drug-likeness (QED) is 0.852. The van der Waals surface area contributed by atoms with Crippen LogP contribution in [0.3, 0.4) is 0 Å². The Hall–Kier alpha value is -1.88. The molecule has 0 radical (unpaired) electrons. The van der Waals surface area contributed by atoms with E-state index in [1.807, 2.05) is 29.2 Å². The summed E-state index contributed by atoms with van der Waals surface area (Å²) in [6, 6.07) is 7.23. The molecule has 3 rings (SSSR count). The number of benzene rings is 1. The second-order valence-corrected chi connectivity index (χ2v) is 6.68. The average molecular weight is 330 g/mol. The van der Waals surface area contributed by atoms with Gasteiger partial charge in [0.15, 0.2) is 0 Å². The summed E-state index contributed by atoms with van der Waals surface area (Å²) in [6.45, 7) is 2.82. The zero-order chi connectivity index (χ0) is 16.9. The molecule has 2 saturated heterocycles. The molecule has 2 amide bonds. The van der Waals surface area contributed by atoms with Gasteiger partial charge in [0.2, 0.25) is 5.91 Å². The lowest BCUT2D eigenvalue weighted by molar-refractivity contribution is -0.136. The lowest BCUT2D eigenvalue weighted by atomic mass is 9.99. The minimum Gasteiger partial charge on any atom is -0.380 e. The number of carbonyl (C=O) groups is 2. The molecule has 2 aliphatic heterocycles. The van der Waals surface area contributed by atoms with E-state index < -0.39 is 0 Å². The second-order valence-electron chi connectivity index (χ2n) is 6.68. The molecule has 0 aromatic heterocycles. The van der Waals surface area contributed by atoms with E-state index >= 15 is 0 Å². The lowest BCUT2D eigenvalue weighted by Crippen LogP contribution is -2.52. The minimum absolute atomic E-state index is 0.0369. The number of piperidine rings is 1. The van der Waals surface area contributed by atoms with Crippen molar-refractivity contribution in [2.75, 3.05) is 26.7 Å². The first-order chi connectivity index (χ1) is 11.7. The van der Waals surface area contributed by atoms with Crippen molar-refractivity contribution >= 4 is 11.8 Å². The summed E-state index contributed by atoms with van der Waals surface area (Å²) in [7, 11) is 1.64. The number of methoxy groups -OCH3 is 1. The Morgan fingerprint density at radius 1 is 1.12 bits per heavy atom. The van der Waals surface area contributed by atoms with Crippen LogP contribution in [-0.2, 0) is 16.1 Å². The Bertz CT molecular complexity index is 596. The minimum atomic E-state index is -0.296. The summed E-state index contributed by atoms with van der Waals surface area (Å²) in [5, 5.41) is 0.